The van der Waals surface area contributed by atoms with Crippen LogP contribution in [0.2, 0.25) is 0 Å². The third-order valence-electron chi connectivity index (χ3n) is 2.95. The van der Waals surface area contributed by atoms with Crippen LogP contribution in [0.4, 0.5) is 5.82 Å². The van der Waals surface area contributed by atoms with Crippen molar-refractivity contribution in [2.75, 3.05) is 18.5 Å². The number of likely N-dealkylation sites (N-methyl/N-ethyl adjacent to an activating group) is 1. The molecule has 1 unspecified atom stereocenters. The number of fused-ring (bicyclic) bond motifs is 1. The highest BCUT2D eigenvalue weighted by atomic mass is 15.2. The fourth-order valence-corrected chi connectivity index (χ4v) is 1.64. The van der Waals surface area contributed by atoms with E-state index in [9.17, 15) is 0 Å². The van der Waals surface area contributed by atoms with E-state index in [0.717, 1.165) is 11.3 Å². The van der Waals surface area contributed by atoms with Gasteiger partial charge in [0.2, 0.25) is 0 Å². The highest BCUT2D eigenvalue weighted by Crippen LogP contribution is 2.17. The number of aromatic nitrogens is 1. The van der Waals surface area contributed by atoms with Crippen LogP contribution in [-0.2, 0) is 0 Å². The van der Waals surface area contributed by atoms with Crippen molar-refractivity contribution < 1.29 is 0 Å². The van der Waals surface area contributed by atoms with E-state index in [1.165, 1.54) is 5.39 Å². The molecule has 1 aromatic heterocycles. The number of benzene rings is 1. The summed E-state index contributed by atoms with van der Waals surface area (Å²) in [5, 5.41) is 1.17. The maximum Gasteiger partial charge on any atom is 0.129 e. The van der Waals surface area contributed by atoms with Crippen molar-refractivity contribution in [1.82, 2.24) is 4.98 Å². The maximum absolute atomic E-state index is 5.65. The van der Waals surface area contributed by atoms with Gasteiger partial charge >= 0.3 is 0 Å². The van der Waals surface area contributed by atoms with Crippen molar-refractivity contribution in [2.24, 2.45) is 5.73 Å². The van der Waals surface area contributed by atoms with Gasteiger partial charge in [-0.2, -0.15) is 0 Å². The van der Waals surface area contributed by atoms with Crippen LogP contribution in [0.3, 0.4) is 0 Å². The molecule has 3 heteroatoms. The lowest BCUT2D eigenvalue weighted by atomic mass is 10.2. The van der Waals surface area contributed by atoms with Gasteiger partial charge in [-0.15, -0.1) is 0 Å². The first-order valence-corrected chi connectivity index (χ1v) is 5.51. The summed E-state index contributed by atoms with van der Waals surface area (Å²) in [7, 11) is 2.02. The average Bonchev–Trinajstić information content (AvgIpc) is 2.36. The first-order valence-electron chi connectivity index (χ1n) is 5.51. The maximum atomic E-state index is 5.65. The molecule has 3 nitrogen and oxygen atoms in total. The van der Waals surface area contributed by atoms with Gasteiger partial charge in [0.1, 0.15) is 5.82 Å². The Morgan fingerprint density at radius 2 is 2.00 bits per heavy atom. The first-order chi connectivity index (χ1) is 7.72. The predicted molar refractivity (Wildman–Crippen MR) is 68.7 cm³/mol. The molecule has 0 aliphatic carbocycles. The number of nitrogens with two attached hydrogens (primary N) is 1. The zero-order chi connectivity index (χ0) is 11.5. The van der Waals surface area contributed by atoms with E-state index in [2.05, 4.69) is 28.9 Å². The third-order valence-corrected chi connectivity index (χ3v) is 2.95. The van der Waals surface area contributed by atoms with Crippen LogP contribution in [0.1, 0.15) is 6.92 Å². The SMILES string of the molecule is CC(CN)N(C)c1ccc2ccccc2n1. The number of pyridine rings is 1. The predicted octanol–water partition coefficient (Wildman–Crippen LogP) is 2.02. The van der Waals surface area contributed by atoms with Crippen molar-refractivity contribution in [3.8, 4) is 0 Å². The van der Waals surface area contributed by atoms with Crippen LogP contribution in [-0.4, -0.2) is 24.6 Å². The van der Waals surface area contributed by atoms with Crippen molar-refractivity contribution in [3.63, 3.8) is 0 Å². The van der Waals surface area contributed by atoms with Crippen LogP contribution in [0.5, 0.6) is 0 Å². The summed E-state index contributed by atoms with van der Waals surface area (Å²) in [6, 6.07) is 12.6. The van der Waals surface area contributed by atoms with Crippen molar-refractivity contribution in [3.05, 3.63) is 36.4 Å². The molecule has 1 heterocycles. The molecule has 0 amide bonds. The monoisotopic (exact) mass is 215 g/mol. The quantitative estimate of drug-likeness (QED) is 0.851. The Morgan fingerprint density at radius 1 is 1.25 bits per heavy atom. The third kappa shape index (κ3) is 1.99. The largest absolute Gasteiger partial charge is 0.356 e. The van der Waals surface area contributed by atoms with Gasteiger partial charge < -0.3 is 10.6 Å². The Bertz CT molecular complexity index is 481. The molecule has 0 saturated heterocycles. The Balaban J connectivity index is 2.39. The molecule has 0 spiro atoms. The number of hydrogen-bond acceptors (Lipinski definition) is 3. The molecule has 2 rings (SSSR count). The Kier molecular flexibility index (Phi) is 3.06. The first kappa shape index (κ1) is 10.9. The lowest BCUT2D eigenvalue weighted by Gasteiger charge is -2.24. The number of nitrogens with zero attached hydrogens (tertiary/aromatic N) is 2. The van der Waals surface area contributed by atoms with E-state index in [0.29, 0.717) is 12.6 Å². The molecule has 1 atom stereocenters. The molecular weight excluding hydrogens is 198 g/mol. The number of anilines is 1. The van der Waals surface area contributed by atoms with Gasteiger partial charge in [0, 0.05) is 25.0 Å². The van der Waals surface area contributed by atoms with E-state index >= 15 is 0 Å². The van der Waals surface area contributed by atoms with Crippen molar-refractivity contribution in [1.29, 1.82) is 0 Å². The lowest BCUT2D eigenvalue weighted by molar-refractivity contribution is 0.689. The van der Waals surface area contributed by atoms with E-state index in [-0.39, 0.29) is 0 Å². The Morgan fingerprint density at radius 3 is 2.75 bits per heavy atom. The van der Waals surface area contributed by atoms with Gasteiger partial charge in [-0.3, -0.25) is 0 Å². The molecule has 16 heavy (non-hydrogen) atoms. The summed E-state index contributed by atoms with van der Waals surface area (Å²) in [5.41, 5.74) is 6.68. The molecule has 2 N–H and O–H groups in total. The molecule has 1 aromatic carbocycles. The second kappa shape index (κ2) is 4.49. The number of hydrogen-bond donors (Lipinski definition) is 1. The zero-order valence-electron chi connectivity index (χ0n) is 9.72. The molecule has 0 aliphatic heterocycles. The van der Waals surface area contributed by atoms with Gasteiger partial charge in [0.25, 0.3) is 0 Å². The van der Waals surface area contributed by atoms with Gasteiger partial charge in [-0.25, -0.2) is 4.98 Å². The summed E-state index contributed by atoms with van der Waals surface area (Å²) in [6.45, 7) is 2.72. The fourth-order valence-electron chi connectivity index (χ4n) is 1.64. The van der Waals surface area contributed by atoms with Crippen LogP contribution in [0, 0.1) is 0 Å². The van der Waals surface area contributed by atoms with E-state index in [1.54, 1.807) is 0 Å². The minimum Gasteiger partial charge on any atom is -0.356 e. The summed E-state index contributed by atoms with van der Waals surface area (Å²) in [5.74, 6) is 0.969. The van der Waals surface area contributed by atoms with Gasteiger partial charge in [0.05, 0.1) is 5.52 Å². The summed E-state index contributed by atoms with van der Waals surface area (Å²) in [4.78, 5) is 6.72. The highest BCUT2D eigenvalue weighted by molar-refractivity contribution is 5.80. The Hall–Kier alpha value is -1.61. The van der Waals surface area contributed by atoms with Crippen LogP contribution in [0.25, 0.3) is 10.9 Å². The standard InChI is InChI=1S/C13H17N3/c1-10(9-14)16(2)13-8-7-11-5-3-4-6-12(11)15-13/h3-8,10H,9,14H2,1-2H3. The minimum absolute atomic E-state index is 0.300. The Labute approximate surface area is 95.9 Å². The van der Waals surface area contributed by atoms with Gasteiger partial charge in [-0.1, -0.05) is 18.2 Å². The van der Waals surface area contributed by atoms with Crippen molar-refractivity contribution >= 4 is 16.7 Å². The molecule has 0 bridgehead atoms. The van der Waals surface area contributed by atoms with Gasteiger partial charge in [0.15, 0.2) is 0 Å². The molecule has 0 aliphatic rings. The zero-order valence-corrected chi connectivity index (χ0v) is 9.72. The average molecular weight is 215 g/mol. The van der Waals surface area contributed by atoms with Crippen molar-refractivity contribution in [2.45, 2.75) is 13.0 Å². The molecule has 0 radical (unpaired) electrons. The van der Waals surface area contributed by atoms with E-state index in [1.807, 2.05) is 31.3 Å². The summed E-state index contributed by atoms with van der Waals surface area (Å²) >= 11 is 0. The smallest absolute Gasteiger partial charge is 0.129 e. The topological polar surface area (TPSA) is 42.1 Å². The van der Waals surface area contributed by atoms with Gasteiger partial charge in [-0.05, 0) is 25.1 Å². The van der Waals surface area contributed by atoms with E-state index < -0.39 is 0 Å². The molecule has 84 valence electrons. The molecule has 2 aromatic rings. The number of para-hydroxylation sites is 1. The normalized spacial score (nSPS) is 12.7. The molecule has 0 saturated carbocycles. The lowest BCUT2D eigenvalue weighted by Crippen LogP contribution is -2.35. The van der Waals surface area contributed by atoms with E-state index in [4.69, 9.17) is 5.73 Å². The van der Waals surface area contributed by atoms with Crippen LogP contribution in [0.15, 0.2) is 36.4 Å². The summed E-state index contributed by atoms with van der Waals surface area (Å²) < 4.78 is 0. The molecule has 0 fully saturated rings. The fraction of sp³-hybridized carbons (Fsp3) is 0.308. The van der Waals surface area contributed by atoms with Crippen LogP contribution >= 0.6 is 0 Å². The van der Waals surface area contributed by atoms with Crippen LogP contribution < -0.4 is 10.6 Å². The number of rotatable bonds is 3. The molecular formula is C13H17N3. The summed E-state index contributed by atoms with van der Waals surface area (Å²) in [6.07, 6.45) is 0. The second-order valence-electron chi connectivity index (χ2n) is 4.06. The minimum atomic E-state index is 0.300. The second-order valence-corrected chi connectivity index (χ2v) is 4.06. The highest BCUT2D eigenvalue weighted by Gasteiger charge is 2.09.